The fraction of sp³-hybridized carbons (Fsp3) is 0.214. The number of phenols is 1. The van der Waals surface area contributed by atoms with Crippen molar-refractivity contribution in [3.8, 4) is 23.0 Å². The van der Waals surface area contributed by atoms with Gasteiger partial charge in [-0.3, -0.25) is 14.5 Å². The second-order valence-electron chi connectivity index (χ2n) is 9.03. The van der Waals surface area contributed by atoms with Crippen LogP contribution >= 0.6 is 0 Å². The van der Waals surface area contributed by atoms with Gasteiger partial charge in [-0.25, -0.2) is 0 Å². The zero-order chi connectivity index (χ0) is 25.4. The molecule has 1 fully saturated rings. The predicted molar refractivity (Wildman–Crippen MR) is 132 cm³/mol. The molecule has 0 saturated carbocycles. The van der Waals surface area contributed by atoms with E-state index in [1.807, 2.05) is 13.8 Å². The van der Waals surface area contributed by atoms with Crippen LogP contribution in [0.1, 0.15) is 31.0 Å². The smallest absolute Gasteiger partial charge is 0.300 e. The van der Waals surface area contributed by atoms with E-state index >= 15 is 0 Å². The van der Waals surface area contributed by atoms with Gasteiger partial charge in [0.15, 0.2) is 11.5 Å². The molecule has 3 aromatic carbocycles. The summed E-state index contributed by atoms with van der Waals surface area (Å²) in [5.74, 6) is -0.0589. The minimum Gasteiger partial charge on any atom is -0.508 e. The molecule has 1 unspecified atom stereocenters. The molecule has 36 heavy (non-hydrogen) atoms. The molecule has 8 heteroatoms. The lowest BCUT2D eigenvalue weighted by molar-refractivity contribution is -0.132. The fourth-order valence-corrected chi connectivity index (χ4v) is 4.27. The van der Waals surface area contributed by atoms with Crippen LogP contribution in [-0.2, 0) is 9.59 Å². The van der Waals surface area contributed by atoms with Gasteiger partial charge in [0.2, 0.25) is 6.79 Å². The van der Waals surface area contributed by atoms with E-state index in [-0.39, 0.29) is 23.9 Å². The van der Waals surface area contributed by atoms with E-state index in [0.717, 1.165) is 0 Å². The van der Waals surface area contributed by atoms with Gasteiger partial charge in [-0.2, -0.15) is 0 Å². The van der Waals surface area contributed by atoms with Gasteiger partial charge in [0, 0.05) is 11.3 Å². The Morgan fingerprint density at radius 2 is 1.78 bits per heavy atom. The summed E-state index contributed by atoms with van der Waals surface area (Å²) in [6.07, 6.45) is 0. The minimum atomic E-state index is -0.968. The Bertz CT molecular complexity index is 1360. The maximum Gasteiger partial charge on any atom is 0.300 e. The van der Waals surface area contributed by atoms with Crippen LogP contribution in [0.3, 0.4) is 0 Å². The van der Waals surface area contributed by atoms with Crippen LogP contribution in [-0.4, -0.2) is 35.3 Å². The molecule has 8 nitrogen and oxygen atoms in total. The van der Waals surface area contributed by atoms with Gasteiger partial charge in [-0.1, -0.05) is 26.0 Å². The second-order valence-corrected chi connectivity index (χ2v) is 9.03. The molecule has 0 aromatic heterocycles. The molecule has 2 heterocycles. The Morgan fingerprint density at radius 3 is 2.50 bits per heavy atom. The zero-order valence-electron chi connectivity index (χ0n) is 19.8. The number of ether oxygens (including phenoxy) is 3. The van der Waals surface area contributed by atoms with Crippen molar-refractivity contribution in [3.63, 3.8) is 0 Å². The highest BCUT2D eigenvalue weighted by Gasteiger charge is 2.47. The van der Waals surface area contributed by atoms with E-state index in [9.17, 15) is 19.8 Å². The van der Waals surface area contributed by atoms with Crippen molar-refractivity contribution in [2.75, 3.05) is 18.3 Å². The highest BCUT2D eigenvalue weighted by molar-refractivity contribution is 6.51. The summed E-state index contributed by atoms with van der Waals surface area (Å²) in [5.41, 5.74) is 1.13. The van der Waals surface area contributed by atoms with Crippen molar-refractivity contribution in [2.24, 2.45) is 5.92 Å². The number of anilines is 1. The third kappa shape index (κ3) is 4.22. The molecule has 184 valence electrons. The van der Waals surface area contributed by atoms with E-state index in [2.05, 4.69) is 0 Å². The summed E-state index contributed by atoms with van der Waals surface area (Å²) in [4.78, 5) is 27.9. The molecule has 1 amide bonds. The largest absolute Gasteiger partial charge is 0.508 e. The Hall–Kier alpha value is -4.46. The van der Waals surface area contributed by atoms with Crippen LogP contribution in [0.25, 0.3) is 5.76 Å². The van der Waals surface area contributed by atoms with Crippen molar-refractivity contribution in [1.82, 2.24) is 0 Å². The maximum absolute atomic E-state index is 13.3. The number of aliphatic hydroxyl groups excluding tert-OH is 1. The van der Waals surface area contributed by atoms with Crippen molar-refractivity contribution < 1.29 is 34.0 Å². The van der Waals surface area contributed by atoms with Crippen molar-refractivity contribution in [2.45, 2.75) is 19.9 Å². The summed E-state index contributed by atoms with van der Waals surface area (Å²) in [7, 11) is 0. The van der Waals surface area contributed by atoms with Crippen LogP contribution in [0.4, 0.5) is 5.69 Å². The first kappa shape index (κ1) is 23.3. The molecule has 2 aliphatic heterocycles. The van der Waals surface area contributed by atoms with Crippen LogP contribution in [0.15, 0.2) is 72.3 Å². The number of rotatable bonds is 6. The Morgan fingerprint density at radius 1 is 1.03 bits per heavy atom. The molecule has 0 spiro atoms. The highest BCUT2D eigenvalue weighted by Crippen LogP contribution is 2.44. The molecule has 0 aliphatic carbocycles. The van der Waals surface area contributed by atoms with Crippen molar-refractivity contribution in [1.29, 1.82) is 0 Å². The lowest BCUT2D eigenvalue weighted by atomic mass is 9.95. The Kier molecular flexibility index (Phi) is 6.01. The van der Waals surface area contributed by atoms with E-state index in [0.29, 0.717) is 46.6 Å². The van der Waals surface area contributed by atoms with Gasteiger partial charge in [-0.15, -0.1) is 0 Å². The van der Waals surface area contributed by atoms with Gasteiger partial charge >= 0.3 is 0 Å². The third-order valence-electron chi connectivity index (χ3n) is 5.97. The van der Waals surface area contributed by atoms with Gasteiger partial charge in [0.1, 0.15) is 17.3 Å². The monoisotopic (exact) mass is 487 g/mol. The lowest BCUT2D eigenvalue weighted by Crippen LogP contribution is -2.29. The number of carbonyl (C=O) groups is 2. The molecule has 1 saturated heterocycles. The number of hydrogen-bond acceptors (Lipinski definition) is 7. The Labute approximate surface area is 208 Å². The summed E-state index contributed by atoms with van der Waals surface area (Å²) < 4.78 is 16.5. The normalized spacial score (nSPS) is 18.2. The number of carbonyl (C=O) groups excluding carboxylic acids is 2. The molecule has 2 aliphatic rings. The predicted octanol–water partition coefficient (Wildman–Crippen LogP) is 4.78. The fourth-order valence-electron chi connectivity index (χ4n) is 4.27. The summed E-state index contributed by atoms with van der Waals surface area (Å²) in [6.45, 7) is 4.69. The highest BCUT2D eigenvalue weighted by atomic mass is 16.7. The number of aliphatic hydroxyl groups is 1. The number of Topliss-reactive ketones (excluding diaryl/α,β-unsaturated/α-hetero) is 1. The van der Waals surface area contributed by atoms with Crippen LogP contribution < -0.4 is 19.1 Å². The van der Waals surface area contributed by atoms with E-state index < -0.39 is 17.7 Å². The lowest BCUT2D eigenvalue weighted by Gasteiger charge is -2.25. The number of fused-ring (bicyclic) bond motifs is 1. The standard InChI is InChI=1S/C28H25NO7/c1-16(2)14-34-21-9-7-19(8-10-21)29-25(17-4-3-5-20(30)12-17)24(27(32)28(29)33)26(31)18-6-11-22-23(13-18)36-15-35-22/h3-13,16,25,30-31H,14-15H2,1-2H3/b26-24-. The SMILES string of the molecule is CC(C)COc1ccc(N2C(=O)C(=O)/C(=C(\O)c3ccc4c(c3)OCO4)C2c2cccc(O)c2)cc1. The molecular weight excluding hydrogens is 462 g/mol. The molecule has 5 rings (SSSR count). The minimum absolute atomic E-state index is 0.0291. The molecule has 2 N–H and O–H groups in total. The van der Waals surface area contributed by atoms with Crippen LogP contribution in [0, 0.1) is 5.92 Å². The number of ketones is 1. The summed E-state index contributed by atoms with van der Waals surface area (Å²) in [5, 5.41) is 21.4. The van der Waals surface area contributed by atoms with E-state index in [4.69, 9.17) is 14.2 Å². The van der Waals surface area contributed by atoms with Gasteiger partial charge in [0.05, 0.1) is 18.2 Å². The number of nitrogens with zero attached hydrogens (tertiary/aromatic N) is 1. The van der Waals surface area contributed by atoms with Crippen molar-refractivity contribution in [3.05, 3.63) is 83.4 Å². The number of phenolic OH excluding ortho intramolecular Hbond substituents is 1. The van der Waals surface area contributed by atoms with Crippen LogP contribution in [0.2, 0.25) is 0 Å². The quantitative estimate of drug-likeness (QED) is 0.293. The van der Waals surface area contributed by atoms with Crippen molar-refractivity contribution >= 4 is 23.1 Å². The topological polar surface area (TPSA) is 106 Å². The first-order chi connectivity index (χ1) is 17.3. The van der Waals surface area contributed by atoms with Gasteiger partial charge in [-0.05, 0) is 66.1 Å². The third-order valence-corrected chi connectivity index (χ3v) is 5.97. The average Bonchev–Trinajstić information content (AvgIpc) is 3.44. The molecule has 1 atom stereocenters. The van der Waals surface area contributed by atoms with Crippen LogP contribution in [0.5, 0.6) is 23.0 Å². The molecule has 0 radical (unpaired) electrons. The average molecular weight is 488 g/mol. The van der Waals surface area contributed by atoms with E-state index in [1.165, 1.54) is 17.0 Å². The van der Waals surface area contributed by atoms with E-state index in [1.54, 1.807) is 54.6 Å². The second kappa shape index (κ2) is 9.30. The first-order valence-electron chi connectivity index (χ1n) is 11.6. The summed E-state index contributed by atoms with van der Waals surface area (Å²) >= 11 is 0. The first-order valence-corrected chi connectivity index (χ1v) is 11.6. The Balaban J connectivity index is 1.61. The summed E-state index contributed by atoms with van der Waals surface area (Å²) in [6, 6.07) is 16.9. The molecule has 3 aromatic rings. The van der Waals surface area contributed by atoms with Gasteiger partial charge < -0.3 is 24.4 Å². The maximum atomic E-state index is 13.3. The van der Waals surface area contributed by atoms with Gasteiger partial charge in [0.25, 0.3) is 11.7 Å². The molecule has 0 bridgehead atoms. The number of amides is 1. The number of aromatic hydroxyl groups is 1. The number of benzene rings is 3. The number of hydrogen-bond donors (Lipinski definition) is 2. The zero-order valence-corrected chi connectivity index (χ0v) is 19.8. The molecular formula is C28H25NO7.